The highest BCUT2D eigenvalue weighted by Crippen LogP contribution is 2.72. The Morgan fingerprint density at radius 1 is 0.368 bits per heavy atom. The van der Waals surface area contributed by atoms with Crippen molar-refractivity contribution in [1.29, 1.82) is 0 Å². The van der Waals surface area contributed by atoms with Gasteiger partial charge in [-0.3, -0.25) is 0 Å². The van der Waals surface area contributed by atoms with E-state index in [0.717, 1.165) is 11.8 Å². The number of benzene rings is 4. The molecule has 0 unspecified atom stereocenters. The third-order valence-corrected chi connectivity index (χ3v) is 11.8. The molecular formula is C38H32. The first-order valence-electron chi connectivity index (χ1n) is 15.0. The smallest absolute Gasteiger partial charge is 0.0311 e. The van der Waals surface area contributed by atoms with Crippen LogP contribution in [0.15, 0.2) is 108 Å². The van der Waals surface area contributed by atoms with Crippen molar-refractivity contribution in [3.63, 3.8) is 0 Å². The molecule has 12 rings (SSSR count). The fourth-order valence-corrected chi connectivity index (χ4v) is 10.8. The average Bonchev–Trinajstić information content (AvgIpc) is 3.00. The topological polar surface area (TPSA) is 0 Å². The summed E-state index contributed by atoms with van der Waals surface area (Å²) >= 11 is 0. The molecule has 8 aliphatic carbocycles. The van der Waals surface area contributed by atoms with Crippen molar-refractivity contribution in [2.75, 3.05) is 0 Å². The van der Waals surface area contributed by atoms with Gasteiger partial charge in [-0.2, -0.15) is 0 Å². The van der Waals surface area contributed by atoms with Crippen LogP contribution in [0.4, 0.5) is 0 Å². The molecule has 0 saturated heterocycles. The largest absolute Gasteiger partial charge is 0.0620 e. The monoisotopic (exact) mass is 488 g/mol. The number of hydrogen-bond acceptors (Lipinski definition) is 0. The van der Waals surface area contributed by atoms with Gasteiger partial charge in [-0.1, -0.05) is 121 Å². The second-order valence-corrected chi connectivity index (χ2v) is 12.9. The van der Waals surface area contributed by atoms with Crippen LogP contribution in [0.2, 0.25) is 0 Å². The maximum atomic E-state index is 2.48. The Morgan fingerprint density at radius 2 is 0.658 bits per heavy atom. The van der Waals surface area contributed by atoms with Crippen LogP contribution in [0.5, 0.6) is 0 Å². The SMILES string of the molecule is c1ccc2c(c1)C1C3=C4C5c6ccccc6C(c6ccccc65)[C@H]4[C@H]4CCCC[C@@H]4[C@H]3C2c2ccccc21. The molecule has 4 atom stereocenters. The van der Waals surface area contributed by atoms with Crippen LogP contribution >= 0.6 is 0 Å². The zero-order chi connectivity index (χ0) is 24.5. The quantitative estimate of drug-likeness (QED) is 0.217. The van der Waals surface area contributed by atoms with E-state index in [-0.39, 0.29) is 0 Å². The molecule has 1 saturated carbocycles. The third-order valence-electron chi connectivity index (χ3n) is 11.8. The molecule has 0 aromatic heterocycles. The van der Waals surface area contributed by atoms with E-state index in [1.807, 2.05) is 11.1 Å². The minimum Gasteiger partial charge on any atom is -0.0620 e. The van der Waals surface area contributed by atoms with Gasteiger partial charge in [-0.15, -0.1) is 0 Å². The Kier molecular flexibility index (Phi) is 3.88. The number of rotatable bonds is 0. The van der Waals surface area contributed by atoms with Crippen molar-refractivity contribution in [2.45, 2.75) is 49.4 Å². The van der Waals surface area contributed by atoms with Crippen LogP contribution in [0.1, 0.15) is 93.9 Å². The van der Waals surface area contributed by atoms with Gasteiger partial charge < -0.3 is 0 Å². The molecule has 0 heterocycles. The summed E-state index contributed by atoms with van der Waals surface area (Å²) in [6.07, 6.45) is 5.65. The summed E-state index contributed by atoms with van der Waals surface area (Å²) in [6, 6.07) is 38.2. The van der Waals surface area contributed by atoms with Crippen molar-refractivity contribution in [3.8, 4) is 0 Å². The number of hydrogen-bond donors (Lipinski definition) is 0. The van der Waals surface area contributed by atoms with Crippen molar-refractivity contribution < 1.29 is 0 Å². The second kappa shape index (κ2) is 7.17. The molecule has 0 radical (unpaired) electrons. The van der Waals surface area contributed by atoms with Gasteiger partial charge in [0.05, 0.1) is 0 Å². The average molecular weight is 489 g/mol. The van der Waals surface area contributed by atoms with Crippen LogP contribution in [-0.4, -0.2) is 0 Å². The minimum absolute atomic E-state index is 0.427. The lowest BCUT2D eigenvalue weighted by Crippen LogP contribution is -2.52. The summed E-state index contributed by atoms with van der Waals surface area (Å²) in [4.78, 5) is 0. The van der Waals surface area contributed by atoms with E-state index in [9.17, 15) is 0 Å². The highest BCUT2D eigenvalue weighted by atomic mass is 14.6. The minimum atomic E-state index is 0.427. The third kappa shape index (κ3) is 2.28. The summed E-state index contributed by atoms with van der Waals surface area (Å²) in [7, 11) is 0. The van der Waals surface area contributed by atoms with Gasteiger partial charge >= 0.3 is 0 Å². The van der Waals surface area contributed by atoms with Gasteiger partial charge in [0.25, 0.3) is 0 Å². The zero-order valence-corrected chi connectivity index (χ0v) is 21.7. The Balaban J connectivity index is 1.36. The predicted molar refractivity (Wildman–Crippen MR) is 153 cm³/mol. The first-order valence-corrected chi connectivity index (χ1v) is 15.0. The van der Waals surface area contributed by atoms with E-state index >= 15 is 0 Å². The molecular weight excluding hydrogens is 456 g/mol. The molecule has 184 valence electrons. The van der Waals surface area contributed by atoms with Crippen molar-refractivity contribution in [1.82, 2.24) is 0 Å². The summed E-state index contributed by atoms with van der Waals surface area (Å²) in [5, 5.41) is 0. The molecule has 1 fully saturated rings. The van der Waals surface area contributed by atoms with Crippen molar-refractivity contribution in [3.05, 3.63) is 153 Å². The normalized spacial score (nSPS) is 34.3. The maximum Gasteiger partial charge on any atom is 0.0311 e. The van der Waals surface area contributed by atoms with E-state index in [2.05, 4.69) is 97.1 Å². The zero-order valence-electron chi connectivity index (χ0n) is 21.7. The summed E-state index contributed by atoms with van der Waals surface area (Å²) < 4.78 is 0. The van der Waals surface area contributed by atoms with Crippen molar-refractivity contribution in [2.24, 2.45) is 23.7 Å². The van der Waals surface area contributed by atoms with Gasteiger partial charge in [0, 0.05) is 23.7 Å². The van der Waals surface area contributed by atoms with Crippen molar-refractivity contribution >= 4 is 0 Å². The fraction of sp³-hybridized carbons (Fsp3) is 0.316. The van der Waals surface area contributed by atoms with Gasteiger partial charge in [0.1, 0.15) is 0 Å². The molecule has 0 spiro atoms. The van der Waals surface area contributed by atoms with Gasteiger partial charge in [0.2, 0.25) is 0 Å². The standard InChI is InChI=1S/C38H32/c1-5-15-25-21(11-1)31-22-12-2-6-16-26(22)33(25)37-35(31)29-19-9-10-20-30(29)36-32-23-13-3-7-17-27(23)34(38(36)37)28-18-8-4-14-24(28)32/h1-8,11-18,29-36H,9-10,19-20H2/t29-,30-,31?,32?,33?,34?,35-,36+/m0/s1. The number of fused-ring (bicyclic) bond motifs is 1. The number of allylic oxidation sites excluding steroid dienone is 2. The molecule has 0 aliphatic heterocycles. The lowest BCUT2D eigenvalue weighted by Gasteiger charge is -2.62. The Bertz CT molecular complexity index is 1470. The lowest BCUT2D eigenvalue weighted by atomic mass is 9.41. The van der Waals surface area contributed by atoms with E-state index in [1.54, 1.807) is 44.5 Å². The molecule has 0 heteroatoms. The van der Waals surface area contributed by atoms with E-state index in [4.69, 9.17) is 0 Å². The Labute approximate surface area is 225 Å². The molecule has 0 amide bonds. The van der Waals surface area contributed by atoms with Crippen LogP contribution in [0.25, 0.3) is 0 Å². The van der Waals surface area contributed by atoms with E-state index in [1.165, 1.54) is 25.7 Å². The van der Waals surface area contributed by atoms with Gasteiger partial charge in [-0.05, 0) is 81.0 Å². The fourth-order valence-electron chi connectivity index (χ4n) is 10.8. The van der Waals surface area contributed by atoms with E-state index in [0.29, 0.717) is 35.5 Å². The maximum absolute atomic E-state index is 2.48. The lowest BCUT2D eigenvalue weighted by molar-refractivity contribution is 0.0815. The Hall–Kier alpha value is -3.38. The molecule has 0 N–H and O–H groups in total. The van der Waals surface area contributed by atoms with Crippen LogP contribution in [0, 0.1) is 23.7 Å². The highest BCUT2D eigenvalue weighted by molar-refractivity contribution is 5.70. The summed E-state index contributed by atoms with van der Waals surface area (Å²) in [5.41, 5.74) is 16.7. The summed E-state index contributed by atoms with van der Waals surface area (Å²) in [6.45, 7) is 0. The first kappa shape index (κ1) is 20.6. The predicted octanol–water partition coefficient (Wildman–Crippen LogP) is 8.92. The van der Waals surface area contributed by atoms with Crippen LogP contribution in [-0.2, 0) is 0 Å². The molecule has 4 aromatic rings. The molecule has 4 aromatic carbocycles. The van der Waals surface area contributed by atoms with Crippen LogP contribution < -0.4 is 0 Å². The van der Waals surface area contributed by atoms with E-state index < -0.39 is 0 Å². The Morgan fingerprint density at radius 3 is 0.974 bits per heavy atom. The van der Waals surface area contributed by atoms with Crippen LogP contribution in [0.3, 0.4) is 0 Å². The molecule has 4 bridgehead atoms. The highest BCUT2D eigenvalue weighted by Gasteiger charge is 2.61. The molecule has 38 heavy (non-hydrogen) atoms. The molecule has 0 nitrogen and oxygen atoms in total. The second-order valence-electron chi connectivity index (χ2n) is 12.9. The first-order chi connectivity index (χ1) is 18.9. The van der Waals surface area contributed by atoms with Gasteiger partial charge in [-0.25, -0.2) is 0 Å². The molecule has 8 aliphatic rings. The summed E-state index contributed by atoms with van der Waals surface area (Å²) in [5.74, 6) is 4.84. The van der Waals surface area contributed by atoms with Gasteiger partial charge in [0.15, 0.2) is 0 Å².